The molecule has 0 aliphatic carbocycles. The molecule has 1 aliphatic heterocycles. The summed E-state index contributed by atoms with van der Waals surface area (Å²) >= 11 is 17.9. The Morgan fingerprint density at radius 2 is 2.12 bits per heavy atom. The van der Waals surface area contributed by atoms with E-state index in [4.69, 9.17) is 40.2 Å². The van der Waals surface area contributed by atoms with Crippen molar-refractivity contribution < 1.29 is 9.13 Å². The van der Waals surface area contributed by atoms with Crippen LogP contribution in [-0.2, 0) is 11.3 Å². The van der Waals surface area contributed by atoms with Crippen molar-refractivity contribution in [3.05, 3.63) is 63.9 Å². The monoisotopic (exact) mass is 412 g/mol. The molecule has 1 N–H and O–H groups in total. The molecule has 3 rings (SSSR count). The second-order valence-electron chi connectivity index (χ2n) is 6.20. The number of halogens is 3. The van der Waals surface area contributed by atoms with Crippen LogP contribution < -0.4 is 5.32 Å². The summed E-state index contributed by atoms with van der Waals surface area (Å²) in [4.78, 5) is 1.97. The van der Waals surface area contributed by atoms with Crippen LogP contribution >= 0.6 is 35.4 Å². The first-order valence-corrected chi connectivity index (χ1v) is 9.55. The maximum absolute atomic E-state index is 13.5. The Bertz CT molecular complexity index is 784. The minimum atomic E-state index is -0.267. The van der Waals surface area contributed by atoms with Gasteiger partial charge < -0.3 is 15.0 Å². The topological polar surface area (TPSA) is 24.5 Å². The van der Waals surface area contributed by atoms with Crippen LogP contribution in [0.25, 0.3) is 0 Å². The highest BCUT2D eigenvalue weighted by Gasteiger charge is 2.21. The molecule has 0 saturated carbocycles. The highest BCUT2D eigenvalue weighted by molar-refractivity contribution is 7.80. The van der Waals surface area contributed by atoms with Crippen molar-refractivity contribution in [3.8, 4) is 0 Å². The fraction of sp³-hybridized carbons (Fsp3) is 0.316. The molecule has 0 amide bonds. The standard InChI is InChI=1S/C19H19Cl2FN2OS/c20-14-6-7-17(21)18(10-14)23-19(26)24(12-16-5-2-8-25-16)11-13-3-1-4-15(22)9-13/h1,3-4,6-7,9-10,16H,2,5,8,11-12H2,(H,23,26). The minimum Gasteiger partial charge on any atom is -0.376 e. The number of ether oxygens (including phenoxy) is 1. The van der Waals surface area contributed by atoms with E-state index >= 15 is 0 Å². The first-order valence-electron chi connectivity index (χ1n) is 8.38. The minimum absolute atomic E-state index is 0.109. The number of nitrogens with one attached hydrogen (secondary N) is 1. The molecule has 0 aromatic heterocycles. The Balaban J connectivity index is 1.76. The molecule has 1 saturated heterocycles. The summed E-state index contributed by atoms with van der Waals surface area (Å²) in [6, 6.07) is 11.7. The van der Waals surface area contributed by atoms with Crippen molar-refractivity contribution >= 4 is 46.2 Å². The van der Waals surface area contributed by atoms with E-state index < -0.39 is 0 Å². The SMILES string of the molecule is Fc1cccc(CN(CC2CCCO2)C(=S)Nc2cc(Cl)ccc2Cl)c1. The predicted molar refractivity (Wildman–Crippen MR) is 108 cm³/mol. The fourth-order valence-electron chi connectivity index (χ4n) is 2.90. The summed E-state index contributed by atoms with van der Waals surface area (Å²) in [6.07, 6.45) is 2.14. The number of benzene rings is 2. The summed E-state index contributed by atoms with van der Waals surface area (Å²) in [5.41, 5.74) is 1.48. The van der Waals surface area contributed by atoms with Gasteiger partial charge in [-0.05, 0) is 61.0 Å². The van der Waals surface area contributed by atoms with Crippen LogP contribution in [-0.4, -0.2) is 29.3 Å². The summed E-state index contributed by atoms with van der Waals surface area (Å²) in [5, 5.41) is 4.74. The maximum atomic E-state index is 13.5. The van der Waals surface area contributed by atoms with E-state index in [1.807, 2.05) is 11.0 Å². The normalized spacial score (nSPS) is 16.5. The van der Waals surface area contributed by atoms with E-state index in [0.717, 1.165) is 25.0 Å². The highest BCUT2D eigenvalue weighted by atomic mass is 35.5. The second-order valence-corrected chi connectivity index (χ2v) is 7.43. The van der Waals surface area contributed by atoms with Crippen molar-refractivity contribution in [2.75, 3.05) is 18.5 Å². The lowest BCUT2D eigenvalue weighted by Gasteiger charge is -2.28. The Labute approximate surface area is 168 Å². The molecule has 26 heavy (non-hydrogen) atoms. The van der Waals surface area contributed by atoms with Crippen LogP contribution in [0.5, 0.6) is 0 Å². The van der Waals surface area contributed by atoms with Crippen LogP contribution in [0.4, 0.5) is 10.1 Å². The smallest absolute Gasteiger partial charge is 0.173 e. The highest BCUT2D eigenvalue weighted by Crippen LogP contribution is 2.26. The van der Waals surface area contributed by atoms with Gasteiger partial charge in [0.25, 0.3) is 0 Å². The van der Waals surface area contributed by atoms with Crippen molar-refractivity contribution in [1.82, 2.24) is 4.90 Å². The van der Waals surface area contributed by atoms with Gasteiger partial charge in [0.05, 0.1) is 16.8 Å². The summed E-state index contributed by atoms with van der Waals surface area (Å²) in [7, 11) is 0. The molecular weight excluding hydrogens is 394 g/mol. The Morgan fingerprint density at radius 1 is 1.27 bits per heavy atom. The molecule has 7 heteroatoms. The lowest BCUT2D eigenvalue weighted by atomic mass is 10.2. The molecule has 3 nitrogen and oxygen atoms in total. The zero-order valence-corrected chi connectivity index (χ0v) is 16.4. The number of rotatable bonds is 5. The van der Waals surface area contributed by atoms with Crippen LogP contribution in [0, 0.1) is 5.82 Å². The molecule has 1 unspecified atom stereocenters. The summed E-state index contributed by atoms with van der Waals surface area (Å²) in [6.45, 7) is 1.86. The zero-order valence-electron chi connectivity index (χ0n) is 14.1. The van der Waals surface area contributed by atoms with Crippen molar-refractivity contribution in [2.24, 2.45) is 0 Å². The quantitative estimate of drug-likeness (QED) is 0.654. The van der Waals surface area contributed by atoms with E-state index in [0.29, 0.717) is 33.9 Å². The maximum Gasteiger partial charge on any atom is 0.173 e. The average Bonchev–Trinajstić information content (AvgIpc) is 3.11. The lowest BCUT2D eigenvalue weighted by Crippen LogP contribution is -2.39. The summed E-state index contributed by atoms with van der Waals surface area (Å²) < 4.78 is 19.3. The van der Waals surface area contributed by atoms with Crippen LogP contribution in [0.15, 0.2) is 42.5 Å². The molecule has 0 radical (unpaired) electrons. The molecule has 1 heterocycles. The van der Waals surface area contributed by atoms with Gasteiger partial charge >= 0.3 is 0 Å². The van der Waals surface area contributed by atoms with Crippen LogP contribution in [0.3, 0.4) is 0 Å². The molecule has 1 atom stereocenters. The van der Waals surface area contributed by atoms with Gasteiger partial charge in [0.2, 0.25) is 0 Å². The average molecular weight is 413 g/mol. The van der Waals surface area contributed by atoms with Crippen LogP contribution in [0.1, 0.15) is 18.4 Å². The van der Waals surface area contributed by atoms with Crippen LogP contribution in [0.2, 0.25) is 10.0 Å². The van der Waals surface area contributed by atoms with E-state index in [2.05, 4.69) is 5.32 Å². The largest absolute Gasteiger partial charge is 0.376 e. The molecule has 1 fully saturated rings. The van der Waals surface area contributed by atoms with E-state index in [-0.39, 0.29) is 11.9 Å². The Kier molecular flexibility index (Phi) is 6.70. The van der Waals surface area contributed by atoms with Gasteiger partial charge in [-0.2, -0.15) is 0 Å². The van der Waals surface area contributed by atoms with Crippen molar-refractivity contribution in [2.45, 2.75) is 25.5 Å². The molecule has 2 aromatic rings. The van der Waals surface area contributed by atoms with E-state index in [1.165, 1.54) is 12.1 Å². The van der Waals surface area contributed by atoms with Gasteiger partial charge in [-0.25, -0.2) is 4.39 Å². The molecule has 2 aromatic carbocycles. The molecular formula is C19H19Cl2FN2OS. The Morgan fingerprint density at radius 3 is 2.85 bits per heavy atom. The molecule has 138 valence electrons. The van der Waals surface area contributed by atoms with Gasteiger partial charge in [-0.1, -0.05) is 35.3 Å². The van der Waals surface area contributed by atoms with E-state index in [9.17, 15) is 4.39 Å². The third kappa shape index (κ3) is 5.30. The second kappa shape index (κ2) is 9.00. The first kappa shape index (κ1) is 19.4. The van der Waals surface area contributed by atoms with Gasteiger partial charge in [0, 0.05) is 24.7 Å². The first-order chi connectivity index (χ1) is 12.5. The lowest BCUT2D eigenvalue weighted by molar-refractivity contribution is 0.0905. The number of hydrogen-bond acceptors (Lipinski definition) is 2. The number of anilines is 1. The summed E-state index contributed by atoms with van der Waals surface area (Å²) in [5.74, 6) is -0.267. The predicted octanol–water partition coefficient (Wildman–Crippen LogP) is 5.51. The van der Waals surface area contributed by atoms with Crippen molar-refractivity contribution in [1.29, 1.82) is 0 Å². The number of thiocarbonyl (C=S) groups is 1. The van der Waals surface area contributed by atoms with Gasteiger partial charge in [-0.3, -0.25) is 0 Å². The molecule has 1 aliphatic rings. The third-order valence-electron chi connectivity index (χ3n) is 4.17. The number of nitrogens with zero attached hydrogens (tertiary/aromatic N) is 1. The van der Waals surface area contributed by atoms with Gasteiger partial charge in [0.1, 0.15) is 5.82 Å². The zero-order chi connectivity index (χ0) is 18.5. The van der Waals surface area contributed by atoms with Gasteiger partial charge in [0.15, 0.2) is 5.11 Å². The van der Waals surface area contributed by atoms with Gasteiger partial charge in [-0.15, -0.1) is 0 Å². The molecule has 0 bridgehead atoms. The molecule has 0 spiro atoms. The van der Waals surface area contributed by atoms with E-state index in [1.54, 1.807) is 24.3 Å². The fourth-order valence-corrected chi connectivity index (χ4v) is 3.48. The van der Waals surface area contributed by atoms with Crippen molar-refractivity contribution in [3.63, 3.8) is 0 Å². The Hall–Kier alpha value is -1.40. The number of hydrogen-bond donors (Lipinski definition) is 1. The third-order valence-corrected chi connectivity index (χ3v) is 5.09.